The summed E-state index contributed by atoms with van der Waals surface area (Å²) in [7, 11) is 0. The lowest BCUT2D eigenvalue weighted by Gasteiger charge is -2.23. The summed E-state index contributed by atoms with van der Waals surface area (Å²) in [6.45, 7) is 5.69. The van der Waals surface area contributed by atoms with Gasteiger partial charge in [-0.2, -0.15) is 0 Å². The maximum atomic E-state index is 9.47. The average Bonchev–Trinajstić information content (AvgIpc) is 2.13. The van der Waals surface area contributed by atoms with Gasteiger partial charge in [0, 0.05) is 5.41 Å². The van der Waals surface area contributed by atoms with Crippen LogP contribution in [0.2, 0.25) is 5.02 Å². The minimum atomic E-state index is -0.331. The van der Waals surface area contributed by atoms with E-state index in [1.807, 2.05) is 19.9 Å². The number of rotatable bonds is 2. The number of benzene rings is 1. The van der Waals surface area contributed by atoms with E-state index in [1.54, 1.807) is 13.0 Å². The van der Waals surface area contributed by atoms with Crippen LogP contribution in [0, 0.1) is 6.92 Å². The molecule has 0 fully saturated rings. The molecule has 0 amide bonds. The monoisotopic (exact) mass is 214 g/mol. The molecule has 0 aromatic heterocycles. The molecule has 2 N–H and O–H groups in total. The van der Waals surface area contributed by atoms with Crippen molar-refractivity contribution in [3.63, 3.8) is 0 Å². The summed E-state index contributed by atoms with van der Waals surface area (Å²) >= 11 is 5.85. The molecule has 0 heterocycles. The third-order valence-corrected chi connectivity index (χ3v) is 2.72. The molecule has 0 radical (unpaired) electrons. The third-order valence-electron chi connectivity index (χ3n) is 2.43. The summed E-state index contributed by atoms with van der Waals surface area (Å²) in [5.41, 5.74) is 1.33. The maximum Gasteiger partial charge on any atom is 0.137 e. The number of aromatic hydroxyl groups is 1. The molecule has 0 unspecified atom stereocenters. The Kier molecular flexibility index (Phi) is 3.07. The zero-order chi connectivity index (χ0) is 10.9. The molecule has 1 aromatic carbocycles. The number of aryl methyl sites for hydroxylation is 1. The van der Waals surface area contributed by atoms with Crippen LogP contribution < -0.4 is 0 Å². The van der Waals surface area contributed by atoms with Gasteiger partial charge in [0.05, 0.1) is 11.6 Å². The number of hydrogen-bond donors (Lipinski definition) is 2. The molecule has 1 aromatic rings. The normalized spacial score (nSPS) is 11.8. The van der Waals surface area contributed by atoms with Gasteiger partial charge in [0.2, 0.25) is 0 Å². The summed E-state index contributed by atoms with van der Waals surface area (Å²) in [6.07, 6.45) is 0. The molecule has 2 nitrogen and oxygen atoms in total. The van der Waals surface area contributed by atoms with E-state index < -0.39 is 0 Å². The van der Waals surface area contributed by atoms with Crippen molar-refractivity contribution in [1.82, 2.24) is 0 Å². The fraction of sp³-hybridized carbons (Fsp3) is 0.455. The lowest BCUT2D eigenvalue weighted by atomic mass is 9.85. The van der Waals surface area contributed by atoms with Crippen LogP contribution in [-0.4, -0.2) is 16.8 Å². The Labute approximate surface area is 89.1 Å². The molecule has 14 heavy (non-hydrogen) atoms. The van der Waals surface area contributed by atoms with Crippen molar-refractivity contribution in [3.05, 3.63) is 28.3 Å². The average molecular weight is 215 g/mol. The lowest BCUT2D eigenvalue weighted by Crippen LogP contribution is -2.22. The molecular weight excluding hydrogens is 200 g/mol. The second kappa shape index (κ2) is 3.79. The Morgan fingerprint density at radius 1 is 1.36 bits per heavy atom. The number of phenolic OH excluding ortho intramolecular Hbond substituents is 1. The van der Waals surface area contributed by atoms with Gasteiger partial charge in [-0.3, -0.25) is 0 Å². The van der Waals surface area contributed by atoms with Gasteiger partial charge >= 0.3 is 0 Å². The first kappa shape index (κ1) is 11.3. The van der Waals surface area contributed by atoms with Crippen molar-refractivity contribution in [1.29, 1.82) is 0 Å². The summed E-state index contributed by atoms with van der Waals surface area (Å²) in [5.74, 6) is 0.115. The van der Waals surface area contributed by atoms with Gasteiger partial charge in [0.1, 0.15) is 5.75 Å². The number of phenols is 1. The van der Waals surface area contributed by atoms with Gasteiger partial charge in [0.25, 0.3) is 0 Å². The van der Waals surface area contributed by atoms with Crippen LogP contribution in [0.3, 0.4) is 0 Å². The zero-order valence-electron chi connectivity index (χ0n) is 8.63. The van der Waals surface area contributed by atoms with Gasteiger partial charge in [-0.05, 0) is 24.1 Å². The molecule has 0 saturated carbocycles. The van der Waals surface area contributed by atoms with Gasteiger partial charge in [-0.1, -0.05) is 31.5 Å². The van der Waals surface area contributed by atoms with Crippen LogP contribution >= 0.6 is 11.6 Å². The molecule has 0 atom stereocenters. The SMILES string of the molecule is Cc1cc(C(C)(C)CO)cc(Cl)c1O. The van der Waals surface area contributed by atoms with Crippen LogP contribution in [0.15, 0.2) is 12.1 Å². The van der Waals surface area contributed by atoms with Crippen molar-refractivity contribution in [2.75, 3.05) is 6.61 Å². The molecule has 78 valence electrons. The number of halogens is 1. The number of aliphatic hydroxyl groups excluding tert-OH is 1. The van der Waals surface area contributed by atoms with E-state index in [0.29, 0.717) is 5.02 Å². The maximum absolute atomic E-state index is 9.47. The first-order valence-corrected chi connectivity index (χ1v) is 4.87. The minimum absolute atomic E-state index is 0.0492. The fourth-order valence-corrected chi connectivity index (χ4v) is 1.49. The first-order valence-electron chi connectivity index (χ1n) is 4.49. The highest BCUT2D eigenvalue weighted by atomic mass is 35.5. The highest BCUT2D eigenvalue weighted by molar-refractivity contribution is 6.32. The van der Waals surface area contributed by atoms with Crippen molar-refractivity contribution in [3.8, 4) is 5.75 Å². The second-order valence-corrected chi connectivity index (χ2v) is 4.57. The van der Waals surface area contributed by atoms with Crippen molar-refractivity contribution in [2.45, 2.75) is 26.2 Å². The van der Waals surface area contributed by atoms with Crippen LogP contribution in [0.5, 0.6) is 5.75 Å². The van der Waals surface area contributed by atoms with E-state index in [-0.39, 0.29) is 17.8 Å². The zero-order valence-corrected chi connectivity index (χ0v) is 9.39. The molecule has 3 heteroatoms. The van der Waals surface area contributed by atoms with E-state index in [2.05, 4.69) is 0 Å². The van der Waals surface area contributed by atoms with Crippen LogP contribution in [0.25, 0.3) is 0 Å². The summed E-state index contributed by atoms with van der Waals surface area (Å²) in [4.78, 5) is 0. The summed E-state index contributed by atoms with van der Waals surface area (Å²) in [5, 5.41) is 19.0. The Morgan fingerprint density at radius 2 is 1.93 bits per heavy atom. The molecule has 0 bridgehead atoms. The predicted octanol–water partition coefficient (Wildman–Crippen LogP) is 2.62. The standard InChI is InChI=1S/C11H15ClO2/c1-7-4-8(11(2,3)6-13)5-9(12)10(7)14/h4-5,13-14H,6H2,1-3H3. The third kappa shape index (κ3) is 2.02. The quantitative estimate of drug-likeness (QED) is 0.795. The van der Waals surface area contributed by atoms with Crippen molar-refractivity contribution in [2.24, 2.45) is 0 Å². The lowest BCUT2D eigenvalue weighted by molar-refractivity contribution is 0.218. The molecule has 0 aliphatic carbocycles. The van der Waals surface area contributed by atoms with E-state index in [4.69, 9.17) is 11.6 Å². The highest BCUT2D eigenvalue weighted by Gasteiger charge is 2.21. The fourth-order valence-electron chi connectivity index (χ4n) is 1.22. The van der Waals surface area contributed by atoms with Crippen LogP contribution in [0.1, 0.15) is 25.0 Å². The smallest absolute Gasteiger partial charge is 0.137 e. The topological polar surface area (TPSA) is 40.5 Å². The number of hydrogen-bond acceptors (Lipinski definition) is 2. The largest absolute Gasteiger partial charge is 0.506 e. The minimum Gasteiger partial charge on any atom is -0.506 e. The van der Waals surface area contributed by atoms with Crippen molar-refractivity contribution >= 4 is 11.6 Å². The van der Waals surface area contributed by atoms with E-state index in [0.717, 1.165) is 11.1 Å². The molecule has 1 rings (SSSR count). The van der Waals surface area contributed by atoms with E-state index in [1.165, 1.54) is 0 Å². The van der Waals surface area contributed by atoms with Gasteiger partial charge in [0.15, 0.2) is 0 Å². The molecule has 0 aliphatic heterocycles. The summed E-state index contributed by atoms with van der Waals surface area (Å²) < 4.78 is 0. The first-order chi connectivity index (χ1) is 6.38. The molecule has 0 spiro atoms. The second-order valence-electron chi connectivity index (χ2n) is 4.17. The highest BCUT2D eigenvalue weighted by Crippen LogP contribution is 2.33. The van der Waals surface area contributed by atoms with Gasteiger partial charge in [-0.25, -0.2) is 0 Å². The van der Waals surface area contributed by atoms with E-state index in [9.17, 15) is 10.2 Å². The van der Waals surface area contributed by atoms with E-state index >= 15 is 0 Å². The Balaban J connectivity index is 3.26. The predicted molar refractivity (Wildman–Crippen MR) is 58.0 cm³/mol. The number of aliphatic hydroxyl groups is 1. The van der Waals surface area contributed by atoms with Crippen molar-refractivity contribution < 1.29 is 10.2 Å². The van der Waals surface area contributed by atoms with Crippen LogP contribution in [0.4, 0.5) is 0 Å². The van der Waals surface area contributed by atoms with Gasteiger partial charge < -0.3 is 10.2 Å². The van der Waals surface area contributed by atoms with Gasteiger partial charge in [-0.15, -0.1) is 0 Å². The molecular formula is C11H15ClO2. The Bertz CT molecular complexity index is 322. The Hall–Kier alpha value is -0.730. The summed E-state index contributed by atoms with van der Waals surface area (Å²) in [6, 6.07) is 3.54. The molecule has 0 saturated heterocycles. The Morgan fingerprint density at radius 3 is 2.36 bits per heavy atom. The van der Waals surface area contributed by atoms with Crippen LogP contribution in [-0.2, 0) is 5.41 Å². The molecule has 0 aliphatic rings.